The standard InChI is InChI=1S/C10H8FNO/c1-13-10-5-2-7-6-8(11)3-4-9(7)12-10/h2-6H,1H3. The van der Waals surface area contributed by atoms with Gasteiger partial charge < -0.3 is 4.74 Å². The van der Waals surface area contributed by atoms with Crippen LogP contribution in [0, 0.1) is 5.82 Å². The van der Waals surface area contributed by atoms with Crippen molar-refractivity contribution < 1.29 is 9.13 Å². The third kappa shape index (κ3) is 1.45. The van der Waals surface area contributed by atoms with Gasteiger partial charge >= 0.3 is 0 Å². The maximum Gasteiger partial charge on any atom is 0.213 e. The molecule has 0 amide bonds. The highest BCUT2D eigenvalue weighted by atomic mass is 19.1. The van der Waals surface area contributed by atoms with Gasteiger partial charge in [0.15, 0.2) is 0 Å². The van der Waals surface area contributed by atoms with Crippen molar-refractivity contribution >= 4 is 10.9 Å². The number of ether oxygens (including phenoxy) is 1. The number of benzene rings is 1. The number of nitrogens with zero attached hydrogens (tertiary/aromatic N) is 1. The molecular weight excluding hydrogens is 169 g/mol. The number of fused-ring (bicyclic) bond motifs is 1. The molecule has 1 aromatic carbocycles. The molecule has 2 aromatic rings. The van der Waals surface area contributed by atoms with Crippen LogP contribution >= 0.6 is 0 Å². The SMILES string of the molecule is COc1ccc2cc(F)ccc2n1. The number of aromatic nitrogens is 1. The van der Waals surface area contributed by atoms with Crippen LogP contribution in [-0.2, 0) is 0 Å². The Balaban J connectivity index is 2.66. The highest BCUT2D eigenvalue weighted by molar-refractivity contribution is 5.78. The summed E-state index contributed by atoms with van der Waals surface area (Å²) in [5.74, 6) is 0.290. The van der Waals surface area contributed by atoms with Crippen molar-refractivity contribution in [3.05, 3.63) is 36.1 Å². The molecule has 2 nitrogen and oxygen atoms in total. The summed E-state index contributed by atoms with van der Waals surface area (Å²) < 4.78 is 17.7. The number of halogens is 1. The highest BCUT2D eigenvalue weighted by Gasteiger charge is 1.98. The Hall–Kier alpha value is -1.64. The molecular formula is C10H8FNO. The van der Waals surface area contributed by atoms with Crippen molar-refractivity contribution in [2.45, 2.75) is 0 Å². The minimum absolute atomic E-state index is 0.250. The molecule has 0 aliphatic heterocycles. The molecule has 0 unspecified atom stereocenters. The van der Waals surface area contributed by atoms with E-state index >= 15 is 0 Å². The van der Waals surface area contributed by atoms with E-state index in [1.165, 1.54) is 12.1 Å². The smallest absolute Gasteiger partial charge is 0.213 e. The zero-order valence-electron chi connectivity index (χ0n) is 7.12. The minimum atomic E-state index is -0.250. The molecule has 0 aliphatic carbocycles. The lowest BCUT2D eigenvalue weighted by Gasteiger charge is -2.00. The zero-order valence-corrected chi connectivity index (χ0v) is 7.12. The summed E-state index contributed by atoms with van der Waals surface area (Å²) in [5.41, 5.74) is 0.737. The Bertz CT molecular complexity index is 442. The molecule has 66 valence electrons. The lowest BCUT2D eigenvalue weighted by atomic mass is 10.2. The van der Waals surface area contributed by atoms with E-state index in [2.05, 4.69) is 4.98 Å². The molecule has 0 spiro atoms. The highest BCUT2D eigenvalue weighted by Crippen LogP contribution is 2.16. The summed E-state index contributed by atoms with van der Waals surface area (Å²) >= 11 is 0. The van der Waals surface area contributed by atoms with Crippen LogP contribution in [-0.4, -0.2) is 12.1 Å². The van der Waals surface area contributed by atoms with Crippen LogP contribution in [0.2, 0.25) is 0 Å². The second-order valence-electron chi connectivity index (χ2n) is 2.69. The number of rotatable bonds is 1. The van der Waals surface area contributed by atoms with E-state index in [0.717, 1.165) is 10.9 Å². The van der Waals surface area contributed by atoms with Gasteiger partial charge in [0.2, 0.25) is 5.88 Å². The van der Waals surface area contributed by atoms with Gasteiger partial charge in [-0.1, -0.05) is 0 Å². The van der Waals surface area contributed by atoms with Crippen molar-refractivity contribution in [2.24, 2.45) is 0 Å². The maximum atomic E-state index is 12.8. The average Bonchev–Trinajstić information content (AvgIpc) is 2.17. The summed E-state index contributed by atoms with van der Waals surface area (Å²) in [5, 5.41) is 0.779. The van der Waals surface area contributed by atoms with Crippen molar-refractivity contribution in [1.29, 1.82) is 0 Å². The van der Waals surface area contributed by atoms with Crippen molar-refractivity contribution in [2.75, 3.05) is 7.11 Å². The monoisotopic (exact) mass is 177 g/mol. The molecule has 0 bridgehead atoms. The second kappa shape index (κ2) is 3.01. The van der Waals surface area contributed by atoms with E-state index in [0.29, 0.717) is 5.88 Å². The van der Waals surface area contributed by atoms with Crippen LogP contribution < -0.4 is 4.74 Å². The fraction of sp³-hybridized carbons (Fsp3) is 0.100. The predicted octanol–water partition coefficient (Wildman–Crippen LogP) is 2.38. The van der Waals surface area contributed by atoms with Crippen LogP contribution in [0.4, 0.5) is 4.39 Å². The minimum Gasteiger partial charge on any atom is -0.481 e. The summed E-state index contributed by atoms with van der Waals surface area (Å²) in [6, 6.07) is 7.95. The Kier molecular flexibility index (Phi) is 1.85. The van der Waals surface area contributed by atoms with E-state index in [-0.39, 0.29) is 5.82 Å². The molecule has 1 aromatic heterocycles. The molecule has 0 saturated heterocycles. The first-order valence-electron chi connectivity index (χ1n) is 3.90. The summed E-state index contributed by atoms with van der Waals surface area (Å²) in [6.45, 7) is 0. The lowest BCUT2D eigenvalue weighted by molar-refractivity contribution is 0.399. The fourth-order valence-corrected chi connectivity index (χ4v) is 1.19. The van der Waals surface area contributed by atoms with Gasteiger partial charge in [0, 0.05) is 11.5 Å². The summed E-state index contributed by atoms with van der Waals surface area (Å²) in [7, 11) is 1.55. The third-order valence-electron chi connectivity index (χ3n) is 1.83. The van der Waals surface area contributed by atoms with Crippen LogP contribution in [0.1, 0.15) is 0 Å². The first-order valence-corrected chi connectivity index (χ1v) is 3.90. The largest absolute Gasteiger partial charge is 0.481 e. The van der Waals surface area contributed by atoms with Crippen LogP contribution in [0.15, 0.2) is 30.3 Å². The van der Waals surface area contributed by atoms with E-state index in [4.69, 9.17) is 4.74 Å². The third-order valence-corrected chi connectivity index (χ3v) is 1.83. The quantitative estimate of drug-likeness (QED) is 0.667. The molecule has 2 rings (SSSR count). The van der Waals surface area contributed by atoms with Crippen molar-refractivity contribution in [1.82, 2.24) is 4.98 Å². The van der Waals surface area contributed by atoms with Gasteiger partial charge in [0.25, 0.3) is 0 Å². The Morgan fingerprint density at radius 3 is 2.85 bits per heavy atom. The van der Waals surface area contributed by atoms with Crippen LogP contribution in [0.5, 0.6) is 5.88 Å². The Labute approximate surface area is 75.0 Å². The Morgan fingerprint density at radius 2 is 2.08 bits per heavy atom. The molecule has 0 atom stereocenters. The molecule has 13 heavy (non-hydrogen) atoms. The van der Waals surface area contributed by atoms with Gasteiger partial charge in [-0.2, -0.15) is 0 Å². The Morgan fingerprint density at radius 1 is 1.23 bits per heavy atom. The first-order chi connectivity index (χ1) is 6.29. The van der Waals surface area contributed by atoms with E-state index in [1.807, 2.05) is 0 Å². The molecule has 3 heteroatoms. The van der Waals surface area contributed by atoms with Gasteiger partial charge in [-0.25, -0.2) is 9.37 Å². The fourth-order valence-electron chi connectivity index (χ4n) is 1.19. The molecule has 0 fully saturated rings. The normalized spacial score (nSPS) is 10.3. The van der Waals surface area contributed by atoms with Crippen LogP contribution in [0.3, 0.4) is 0 Å². The number of pyridine rings is 1. The second-order valence-corrected chi connectivity index (χ2v) is 2.69. The van der Waals surface area contributed by atoms with Gasteiger partial charge in [0.05, 0.1) is 12.6 Å². The van der Waals surface area contributed by atoms with Gasteiger partial charge in [-0.15, -0.1) is 0 Å². The maximum absolute atomic E-state index is 12.8. The number of hydrogen-bond acceptors (Lipinski definition) is 2. The lowest BCUT2D eigenvalue weighted by Crippen LogP contribution is -1.87. The van der Waals surface area contributed by atoms with E-state index < -0.39 is 0 Å². The number of hydrogen-bond donors (Lipinski definition) is 0. The first kappa shape index (κ1) is 7.98. The van der Waals surface area contributed by atoms with Crippen molar-refractivity contribution in [3.63, 3.8) is 0 Å². The predicted molar refractivity (Wildman–Crippen MR) is 48.3 cm³/mol. The van der Waals surface area contributed by atoms with E-state index in [9.17, 15) is 4.39 Å². The average molecular weight is 177 g/mol. The van der Waals surface area contributed by atoms with Gasteiger partial charge in [-0.05, 0) is 24.3 Å². The molecule has 1 heterocycles. The van der Waals surface area contributed by atoms with Gasteiger partial charge in [-0.3, -0.25) is 0 Å². The molecule has 0 N–H and O–H groups in total. The summed E-state index contributed by atoms with van der Waals surface area (Å²) in [4.78, 5) is 4.15. The molecule has 0 saturated carbocycles. The summed E-state index contributed by atoms with van der Waals surface area (Å²) in [6.07, 6.45) is 0. The topological polar surface area (TPSA) is 22.1 Å². The number of methoxy groups -OCH3 is 1. The zero-order chi connectivity index (χ0) is 9.26. The van der Waals surface area contributed by atoms with Crippen LogP contribution in [0.25, 0.3) is 10.9 Å². The molecule has 0 radical (unpaired) electrons. The van der Waals surface area contributed by atoms with Crippen molar-refractivity contribution in [3.8, 4) is 5.88 Å². The van der Waals surface area contributed by atoms with E-state index in [1.54, 1.807) is 25.3 Å². The van der Waals surface area contributed by atoms with Gasteiger partial charge in [0.1, 0.15) is 5.82 Å². The molecule has 0 aliphatic rings.